The Kier molecular flexibility index (Phi) is 4.11. The van der Waals surface area contributed by atoms with E-state index in [1.165, 1.54) is 12.1 Å². The van der Waals surface area contributed by atoms with Gasteiger partial charge in [0.2, 0.25) is 0 Å². The fraction of sp³-hybridized carbons (Fsp3) is 0.0625. The van der Waals surface area contributed by atoms with Gasteiger partial charge < -0.3 is 4.52 Å². The molecule has 0 bridgehead atoms. The summed E-state index contributed by atoms with van der Waals surface area (Å²) in [5.74, 6) is -0.0868. The summed E-state index contributed by atoms with van der Waals surface area (Å²) in [6, 6.07) is 16.2. The zero-order valence-electron chi connectivity index (χ0n) is 12.2. The number of sulfonamides is 1. The summed E-state index contributed by atoms with van der Waals surface area (Å²) in [7, 11) is -3.79. The molecule has 0 amide bonds. The highest BCUT2D eigenvalue weighted by molar-refractivity contribution is 7.92. The molecular formula is C16H13ClN2O3S. The number of anilines is 1. The van der Waals surface area contributed by atoms with Crippen molar-refractivity contribution in [3.05, 3.63) is 65.3 Å². The van der Waals surface area contributed by atoms with Crippen LogP contribution in [0.5, 0.6) is 0 Å². The predicted octanol–water partition coefficient (Wildman–Crippen LogP) is 4.10. The Morgan fingerprint density at radius 3 is 2.17 bits per heavy atom. The molecule has 0 spiro atoms. The summed E-state index contributed by atoms with van der Waals surface area (Å²) in [5.41, 5.74) is 2.36. The third-order valence-electron chi connectivity index (χ3n) is 3.29. The van der Waals surface area contributed by atoms with Crippen LogP contribution in [0.4, 0.5) is 5.88 Å². The Hall–Kier alpha value is -2.31. The molecule has 118 valence electrons. The van der Waals surface area contributed by atoms with Crippen LogP contribution < -0.4 is 4.72 Å². The van der Waals surface area contributed by atoms with Gasteiger partial charge in [-0.25, -0.2) is 13.1 Å². The smallest absolute Gasteiger partial charge is 0.264 e. The molecule has 7 heteroatoms. The molecule has 0 saturated carbocycles. The Morgan fingerprint density at radius 2 is 1.61 bits per heavy atom. The summed E-state index contributed by atoms with van der Waals surface area (Å²) in [5, 5.41) is 3.76. The van der Waals surface area contributed by atoms with Gasteiger partial charge in [0.1, 0.15) is 10.7 Å². The maximum Gasteiger partial charge on any atom is 0.264 e. The number of rotatable bonds is 4. The number of hydrogen-bond donors (Lipinski definition) is 1. The van der Waals surface area contributed by atoms with Gasteiger partial charge in [0.25, 0.3) is 15.9 Å². The lowest BCUT2D eigenvalue weighted by molar-refractivity contribution is 0.430. The van der Waals surface area contributed by atoms with Gasteiger partial charge in [0, 0.05) is 0 Å². The monoisotopic (exact) mass is 348 g/mol. The summed E-state index contributed by atoms with van der Waals surface area (Å²) < 4.78 is 31.9. The van der Waals surface area contributed by atoms with E-state index in [0.29, 0.717) is 5.69 Å². The van der Waals surface area contributed by atoms with Gasteiger partial charge in [-0.1, -0.05) is 59.2 Å². The molecule has 3 rings (SSSR count). The van der Waals surface area contributed by atoms with E-state index < -0.39 is 10.0 Å². The number of nitrogens with zero attached hydrogens (tertiary/aromatic N) is 1. The van der Waals surface area contributed by atoms with E-state index in [1.807, 2.05) is 30.3 Å². The van der Waals surface area contributed by atoms with Gasteiger partial charge in [0.05, 0.1) is 4.90 Å². The van der Waals surface area contributed by atoms with E-state index in [1.54, 1.807) is 19.1 Å². The van der Waals surface area contributed by atoms with Crippen molar-refractivity contribution in [2.24, 2.45) is 0 Å². The molecule has 1 heterocycles. The van der Waals surface area contributed by atoms with Crippen molar-refractivity contribution in [3.63, 3.8) is 0 Å². The van der Waals surface area contributed by atoms with Gasteiger partial charge >= 0.3 is 0 Å². The Balaban J connectivity index is 1.87. The van der Waals surface area contributed by atoms with Crippen molar-refractivity contribution in [1.82, 2.24) is 5.16 Å². The van der Waals surface area contributed by atoms with E-state index in [-0.39, 0.29) is 15.8 Å². The maximum absolute atomic E-state index is 12.4. The van der Waals surface area contributed by atoms with Crippen LogP contribution in [0.25, 0.3) is 11.1 Å². The second-order valence-corrected chi connectivity index (χ2v) is 6.97. The Bertz CT molecular complexity index is 920. The Labute approximate surface area is 138 Å². The van der Waals surface area contributed by atoms with E-state index in [0.717, 1.165) is 11.1 Å². The number of aromatic nitrogens is 1. The first-order valence-corrected chi connectivity index (χ1v) is 8.63. The first kappa shape index (κ1) is 15.6. The molecule has 2 aromatic carbocycles. The number of halogens is 1. The van der Waals surface area contributed by atoms with E-state index in [9.17, 15) is 8.42 Å². The number of hydrogen-bond acceptors (Lipinski definition) is 4. The number of benzene rings is 2. The molecule has 3 aromatic rings. The average Bonchev–Trinajstić information content (AvgIpc) is 2.87. The summed E-state index contributed by atoms with van der Waals surface area (Å²) in [4.78, 5) is 0.113. The van der Waals surface area contributed by atoms with E-state index in [2.05, 4.69) is 9.88 Å². The van der Waals surface area contributed by atoms with Crippen molar-refractivity contribution in [2.45, 2.75) is 11.8 Å². The molecule has 1 N–H and O–H groups in total. The molecule has 1 aromatic heterocycles. The van der Waals surface area contributed by atoms with Gasteiger partial charge in [-0.2, -0.15) is 0 Å². The molecule has 0 saturated heterocycles. The molecule has 0 aliphatic rings. The van der Waals surface area contributed by atoms with Crippen LogP contribution in [0.15, 0.2) is 64.0 Å². The SMILES string of the molecule is Cc1noc(NS(=O)(=O)c2ccc(-c3ccccc3)cc2)c1Cl. The molecular weight excluding hydrogens is 336 g/mol. The maximum atomic E-state index is 12.4. The minimum absolute atomic E-state index is 0.0868. The zero-order chi connectivity index (χ0) is 16.4. The van der Waals surface area contributed by atoms with E-state index >= 15 is 0 Å². The van der Waals surface area contributed by atoms with Crippen molar-refractivity contribution < 1.29 is 12.9 Å². The molecule has 0 fully saturated rings. The molecule has 23 heavy (non-hydrogen) atoms. The van der Waals surface area contributed by atoms with Gasteiger partial charge in [-0.05, 0) is 30.2 Å². The quantitative estimate of drug-likeness (QED) is 0.770. The van der Waals surface area contributed by atoms with Crippen LogP contribution in [0.3, 0.4) is 0 Å². The fourth-order valence-corrected chi connectivity index (χ4v) is 3.23. The summed E-state index contributed by atoms with van der Waals surface area (Å²) >= 11 is 5.92. The van der Waals surface area contributed by atoms with Crippen LogP contribution in [0, 0.1) is 6.92 Å². The molecule has 0 unspecified atom stereocenters. The lowest BCUT2D eigenvalue weighted by Crippen LogP contribution is -2.12. The summed E-state index contributed by atoms with van der Waals surface area (Å²) in [6.45, 7) is 1.62. The van der Waals surface area contributed by atoms with Crippen LogP contribution >= 0.6 is 11.6 Å². The zero-order valence-corrected chi connectivity index (χ0v) is 13.7. The second kappa shape index (κ2) is 6.06. The molecule has 0 atom stereocenters. The van der Waals surface area contributed by atoms with Crippen LogP contribution in [-0.2, 0) is 10.0 Å². The van der Waals surface area contributed by atoms with Crippen LogP contribution in [-0.4, -0.2) is 13.6 Å². The lowest BCUT2D eigenvalue weighted by atomic mass is 10.1. The minimum atomic E-state index is -3.79. The largest absolute Gasteiger partial charge is 0.336 e. The molecule has 5 nitrogen and oxygen atoms in total. The Morgan fingerprint density at radius 1 is 1.00 bits per heavy atom. The minimum Gasteiger partial charge on any atom is -0.336 e. The molecule has 0 aliphatic carbocycles. The van der Waals surface area contributed by atoms with Crippen molar-refractivity contribution >= 4 is 27.5 Å². The third kappa shape index (κ3) is 3.23. The first-order chi connectivity index (χ1) is 11.0. The normalized spacial score (nSPS) is 11.4. The summed E-state index contributed by atoms with van der Waals surface area (Å²) in [6.07, 6.45) is 0. The lowest BCUT2D eigenvalue weighted by Gasteiger charge is -2.07. The molecule has 0 radical (unpaired) electrons. The molecule has 0 aliphatic heterocycles. The van der Waals surface area contributed by atoms with Crippen molar-refractivity contribution in [3.8, 4) is 11.1 Å². The van der Waals surface area contributed by atoms with Crippen molar-refractivity contribution in [2.75, 3.05) is 4.72 Å². The predicted molar refractivity (Wildman–Crippen MR) is 88.9 cm³/mol. The number of aryl methyl sites for hydroxylation is 1. The van der Waals surface area contributed by atoms with E-state index in [4.69, 9.17) is 16.1 Å². The van der Waals surface area contributed by atoms with Gasteiger partial charge in [-0.15, -0.1) is 0 Å². The topological polar surface area (TPSA) is 72.2 Å². The fourth-order valence-electron chi connectivity index (χ4n) is 2.06. The highest BCUT2D eigenvalue weighted by Gasteiger charge is 2.20. The average molecular weight is 349 g/mol. The van der Waals surface area contributed by atoms with Crippen molar-refractivity contribution in [1.29, 1.82) is 0 Å². The highest BCUT2D eigenvalue weighted by Crippen LogP contribution is 2.28. The first-order valence-electron chi connectivity index (χ1n) is 6.77. The number of nitrogens with one attached hydrogen (secondary N) is 1. The van der Waals surface area contributed by atoms with Crippen LogP contribution in [0.1, 0.15) is 5.69 Å². The highest BCUT2D eigenvalue weighted by atomic mass is 35.5. The second-order valence-electron chi connectivity index (χ2n) is 4.91. The van der Waals surface area contributed by atoms with Gasteiger partial charge in [-0.3, -0.25) is 0 Å². The standard InChI is InChI=1S/C16H13ClN2O3S/c1-11-15(17)16(22-18-11)19-23(20,21)14-9-7-13(8-10-14)12-5-3-2-4-6-12/h2-10,19H,1H3. The van der Waals surface area contributed by atoms with Crippen LogP contribution in [0.2, 0.25) is 5.02 Å². The van der Waals surface area contributed by atoms with Gasteiger partial charge in [0.15, 0.2) is 0 Å². The third-order valence-corrected chi connectivity index (χ3v) is 5.08.